The van der Waals surface area contributed by atoms with Crippen molar-refractivity contribution in [1.82, 2.24) is 14.0 Å². The van der Waals surface area contributed by atoms with Gasteiger partial charge in [-0.05, 0) is 39.4 Å². The molecule has 0 radical (unpaired) electrons. The third kappa shape index (κ3) is 4.34. The molecule has 5 nitrogen and oxygen atoms in total. The Morgan fingerprint density at radius 2 is 1.75 bits per heavy atom. The van der Waals surface area contributed by atoms with Gasteiger partial charge >= 0.3 is 5.69 Å². The molecule has 0 aliphatic rings. The Kier molecular flexibility index (Phi) is 6.71. The van der Waals surface area contributed by atoms with E-state index in [1.54, 1.807) is 4.57 Å². The zero-order chi connectivity index (χ0) is 15.1. The molecule has 0 fully saturated rings. The lowest BCUT2D eigenvalue weighted by atomic mass is 10.2. The van der Waals surface area contributed by atoms with Crippen LogP contribution in [0.25, 0.3) is 0 Å². The van der Waals surface area contributed by atoms with E-state index in [1.165, 1.54) is 17.7 Å². The minimum absolute atomic E-state index is 0.209. The van der Waals surface area contributed by atoms with Crippen LogP contribution in [0.1, 0.15) is 38.8 Å². The predicted molar refractivity (Wildman–Crippen MR) is 82.3 cm³/mol. The second kappa shape index (κ2) is 8.04. The van der Waals surface area contributed by atoms with E-state index >= 15 is 0 Å². The largest absolute Gasteiger partial charge is 0.330 e. The summed E-state index contributed by atoms with van der Waals surface area (Å²) in [6.07, 6.45) is 3.23. The molecule has 1 aromatic rings. The Bertz CT molecular complexity index is 527. The Hall–Kier alpha value is -1.36. The zero-order valence-corrected chi connectivity index (χ0v) is 13.2. The van der Waals surface area contributed by atoms with Crippen LogP contribution in [-0.4, -0.2) is 33.7 Å². The van der Waals surface area contributed by atoms with Gasteiger partial charge in [-0.25, -0.2) is 4.79 Å². The second-order valence-corrected chi connectivity index (χ2v) is 5.20. The highest BCUT2D eigenvalue weighted by Gasteiger charge is 2.05. The van der Waals surface area contributed by atoms with Gasteiger partial charge in [-0.1, -0.05) is 20.3 Å². The molecule has 0 bridgehead atoms. The van der Waals surface area contributed by atoms with Crippen LogP contribution in [0.3, 0.4) is 0 Å². The molecule has 20 heavy (non-hydrogen) atoms. The molecule has 5 heteroatoms. The van der Waals surface area contributed by atoms with Crippen LogP contribution >= 0.6 is 0 Å². The quantitative estimate of drug-likeness (QED) is 0.676. The summed E-state index contributed by atoms with van der Waals surface area (Å²) in [5.74, 6) is 0. The number of hydrogen-bond donors (Lipinski definition) is 0. The van der Waals surface area contributed by atoms with E-state index in [9.17, 15) is 9.59 Å². The van der Waals surface area contributed by atoms with Crippen LogP contribution in [0.2, 0.25) is 0 Å². The van der Waals surface area contributed by atoms with Crippen molar-refractivity contribution < 1.29 is 0 Å². The van der Waals surface area contributed by atoms with Crippen LogP contribution in [0.15, 0.2) is 15.7 Å². The van der Waals surface area contributed by atoms with Crippen molar-refractivity contribution in [2.75, 3.05) is 19.6 Å². The summed E-state index contributed by atoms with van der Waals surface area (Å²) in [6, 6.07) is 1.53. The number of nitrogens with zero attached hydrogens (tertiary/aromatic N) is 3. The predicted octanol–water partition coefficient (Wildman–Crippen LogP) is 1.37. The van der Waals surface area contributed by atoms with Crippen molar-refractivity contribution in [3.63, 3.8) is 0 Å². The van der Waals surface area contributed by atoms with Gasteiger partial charge in [0, 0.05) is 25.4 Å². The minimum Gasteiger partial charge on any atom is -0.304 e. The van der Waals surface area contributed by atoms with Crippen molar-refractivity contribution >= 4 is 0 Å². The number of rotatable bonds is 8. The Balaban J connectivity index is 2.49. The van der Waals surface area contributed by atoms with E-state index in [4.69, 9.17) is 0 Å². The first-order chi connectivity index (χ1) is 9.51. The molecule has 0 N–H and O–H groups in total. The number of unbranched alkanes of at least 4 members (excludes halogenated alkanes) is 2. The first-order valence-corrected chi connectivity index (χ1v) is 7.51. The molecule has 0 unspecified atom stereocenters. The maximum atomic E-state index is 12.0. The average Bonchev–Trinajstić information content (AvgIpc) is 2.43. The highest BCUT2D eigenvalue weighted by Crippen LogP contribution is 2.01. The molecule has 0 saturated heterocycles. The van der Waals surface area contributed by atoms with Gasteiger partial charge in [0.05, 0.1) is 0 Å². The van der Waals surface area contributed by atoms with E-state index < -0.39 is 0 Å². The molecule has 0 aliphatic heterocycles. The summed E-state index contributed by atoms with van der Waals surface area (Å²) >= 11 is 0. The summed E-state index contributed by atoms with van der Waals surface area (Å²) in [7, 11) is 1.53. The first kappa shape index (κ1) is 16.7. The van der Waals surface area contributed by atoms with Crippen LogP contribution in [-0.2, 0) is 13.6 Å². The van der Waals surface area contributed by atoms with Gasteiger partial charge < -0.3 is 4.90 Å². The molecule has 114 valence electrons. The number of aromatic nitrogens is 2. The van der Waals surface area contributed by atoms with E-state index in [1.807, 2.05) is 6.92 Å². The van der Waals surface area contributed by atoms with Crippen LogP contribution in [0.4, 0.5) is 0 Å². The second-order valence-electron chi connectivity index (χ2n) is 5.20. The van der Waals surface area contributed by atoms with Gasteiger partial charge in [0.2, 0.25) is 0 Å². The van der Waals surface area contributed by atoms with Crippen molar-refractivity contribution in [2.45, 2.75) is 46.6 Å². The molecule has 0 saturated carbocycles. The molecule has 0 atom stereocenters. The first-order valence-electron chi connectivity index (χ1n) is 7.51. The fraction of sp³-hybridized carbons (Fsp3) is 0.733. The van der Waals surface area contributed by atoms with Crippen molar-refractivity contribution in [3.8, 4) is 0 Å². The maximum Gasteiger partial charge on any atom is 0.330 e. The highest BCUT2D eigenvalue weighted by atomic mass is 16.2. The molecule has 1 rings (SSSR count). The van der Waals surface area contributed by atoms with Crippen LogP contribution in [0, 0.1) is 6.92 Å². The maximum absolute atomic E-state index is 12.0. The Morgan fingerprint density at radius 3 is 2.35 bits per heavy atom. The van der Waals surface area contributed by atoms with Crippen LogP contribution < -0.4 is 11.2 Å². The highest BCUT2D eigenvalue weighted by molar-refractivity contribution is 4.99. The molecular formula is C15H27N3O2. The normalized spacial score (nSPS) is 11.2. The topological polar surface area (TPSA) is 47.2 Å². The van der Waals surface area contributed by atoms with E-state index in [2.05, 4.69) is 18.7 Å². The summed E-state index contributed by atoms with van der Waals surface area (Å²) in [5, 5.41) is 0. The van der Waals surface area contributed by atoms with E-state index in [0.717, 1.165) is 44.6 Å². The average molecular weight is 281 g/mol. The fourth-order valence-corrected chi connectivity index (χ4v) is 2.37. The summed E-state index contributed by atoms with van der Waals surface area (Å²) < 4.78 is 2.86. The van der Waals surface area contributed by atoms with Gasteiger partial charge in [0.1, 0.15) is 0 Å². The summed E-state index contributed by atoms with van der Waals surface area (Å²) in [4.78, 5) is 25.9. The summed E-state index contributed by atoms with van der Waals surface area (Å²) in [6.45, 7) is 10.2. The van der Waals surface area contributed by atoms with Gasteiger partial charge in [-0.3, -0.25) is 13.9 Å². The SMILES string of the molecule is CCN(CC)CCCCCn1c(C)cc(=O)n(C)c1=O. The zero-order valence-electron chi connectivity index (χ0n) is 13.2. The van der Waals surface area contributed by atoms with E-state index in [0.29, 0.717) is 6.54 Å². The van der Waals surface area contributed by atoms with Gasteiger partial charge in [-0.15, -0.1) is 0 Å². The van der Waals surface area contributed by atoms with E-state index in [-0.39, 0.29) is 11.2 Å². The standard InChI is InChI=1S/C15H27N3O2/c1-5-17(6-2)10-8-7-9-11-18-13(3)12-14(19)16(4)15(18)20/h12H,5-11H2,1-4H3. The molecule has 0 aromatic carbocycles. The Labute approximate surface area is 120 Å². The molecule has 0 amide bonds. The smallest absolute Gasteiger partial charge is 0.304 e. The van der Waals surface area contributed by atoms with Crippen LogP contribution in [0.5, 0.6) is 0 Å². The third-order valence-corrected chi connectivity index (χ3v) is 3.86. The molecule has 1 heterocycles. The van der Waals surface area contributed by atoms with Crippen molar-refractivity contribution in [2.24, 2.45) is 7.05 Å². The van der Waals surface area contributed by atoms with Gasteiger partial charge in [0.15, 0.2) is 0 Å². The molecule has 1 aromatic heterocycles. The third-order valence-electron chi connectivity index (χ3n) is 3.86. The van der Waals surface area contributed by atoms with Crippen molar-refractivity contribution in [1.29, 1.82) is 0 Å². The minimum atomic E-state index is -0.231. The monoisotopic (exact) mass is 281 g/mol. The lowest BCUT2D eigenvalue weighted by molar-refractivity contribution is 0.294. The summed E-state index contributed by atoms with van der Waals surface area (Å²) in [5.41, 5.74) is 0.311. The Morgan fingerprint density at radius 1 is 1.10 bits per heavy atom. The van der Waals surface area contributed by atoms with Gasteiger partial charge in [-0.2, -0.15) is 0 Å². The number of hydrogen-bond acceptors (Lipinski definition) is 3. The lowest BCUT2D eigenvalue weighted by Crippen LogP contribution is -2.38. The fourth-order valence-electron chi connectivity index (χ4n) is 2.37. The lowest BCUT2D eigenvalue weighted by Gasteiger charge is -2.17. The molecule has 0 aliphatic carbocycles. The number of aryl methyl sites for hydroxylation is 1. The van der Waals surface area contributed by atoms with Gasteiger partial charge in [0.25, 0.3) is 5.56 Å². The molecule has 0 spiro atoms. The molecular weight excluding hydrogens is 254 g/mol. The van der Waals surface area contributed by atoms with Crippen molar-refractivity contribution in [3.05, 3.63) is 32.6 Å².